The van der Waals surface area contributed by atoms with Crippen LogP contribution in [-0.2, 0) is 16.9 Å². The van der Waals surface area contributed by atoms with Crippen molar-refractivity contribution in [2.24, 2.45) is 10.1 Å². The van der Waals surface area contributed by atoms with Crippen molar-refractivity contribution in [2.75, 3.05) is 6.61 Å². The van der Waals surface area contributed by atoms with E-state index in [1.165, 1.54) is 12.0 Å². The maximum atomic E-state index is 9.48. The summed E-state index contributed by atoms with van der Waals surface area (Å²) >= 11 is 4.09. The molecule has 0 radical (unpaired) electrons. The number of para-hydroxylation sites is 1. The van der Waals surface area contributed by atoms with Gasteiger partial charge in [-0.2, -0.15) is 8.42 Å². The number of hydrogen-bond acceptors (Lipinski definition) is 4. The molecule has 5 nitrogen and oxygen atoms in total. The number of aryl methyl sites for hydroxylation is 1. The Labute approximate surface area is 106 Å². The summed E-state index contributed by atoms with van der Waals surface area (Å²) in [5.41, 5.74) is 6.02. The van der Waals surface area contributed by atoms with Crippen molar-refractivity contribution in [3.63, 3.8) is 0 Å². The highest BCUT2D eigenvalue weighted by atomic mass is 32.2. The van der Waals surface area contributed by atoms with E-state index in [4.69, 9.17) is 4.74 Å². The zero-order chi connectivity index (χ0) is 12.7. The van der Waals surface area contributed by atoms with Crippen LogP contribution in [0.5, 0.6) is 5.75 Å². The van der Waals surface area contributed by atoms with Crippen molar-refractivity contribution in [3.8, 4) is 5.75 Å². The molecule has 92 valence electrons. The van der Waals surface area contributed by atoms with Crippen molar-refractivity contribution < 1.29 is 13.2 Å². The van der Waals surface area contributed by atoms with Crippen LogP contribution in [0.25, 0.3) is 0 Å². The molecule has 0 atom stereocenters. The third kappa shape index (κ3) is 5.41. The van der Waals surface area contributed by atoms with Crippen LogP contribution in [-0.4, -0.2) is 20.1 Å². The molecule has 0 bridgehead atoms. The number of nitrogens with zero attached hydrogens (tertiary/aromatic N) is 1. The largest absolute Gasteiger partial charge is 0.493 e. The molecule has 0 saturated carbocycles. The average molecular weight is 272 g/mol. The summed E-state index contributed by atoms with van der Waals surface area (Å²) in [5.74, 6) is 1.08. The van der Waals surface area contributed by atoms with E-state index in [2.05, 4.69) is 34.4 Å². The van der Waals surface area contributed by atoms with E-state index in [1.807, 2.05) is 12.1 Å². The molecule has 0 amide bonds. The van der Waals surface area contributed by atoms with E-state index in [1.54, 1.807) is 0 Å². The topological polar surface area (TPSA) is 81.8 Å². The molecule has 2 rings (SSSR count). The molecule has 0 aliphatic carbocycles. The Morgan fingerprint density at radius 1 is 1.41 bits per heavy atom. The van der Waals surface area contributed by atoms with Crippen LogP contribution in [0.1, 0.15) is 12.0 Å². The first-order valence-corrected chi connectivity index (χ1v) is 6.35. The molecule has 0 fully saturated rings. The highest BCUT2D eigenvalue weighted by Crippen LogP contribution is 2.22. The molecule has 0 aromatic heterocycles. The lowest BCUT2D eigenvalue weighted by atomic mass is 10.1. The zero-order valence-electron chi connectivity index (χ0n) is 9.00. The molecule has 1 aromatic rings. The van der Waals surface area contributed by atoms with Gasteiger partial charge in [-0.25, -0.2) is 0 Å². The smallest absolute Gasteiger partial charge is 0.318 e. The number of thiocarbonyl (C=S) groups is 1. The van der Waals surface area contributed by atoms with Gasteiger partial charge < -0.3 is 10.5 Å². The number of ether oxygens (including phenoxy) is 1. The lowest BCUT2D eigenvalue weighted by Crippen LogP contribution is -2.07. The second-order valence-corrected chi connectivity index (χ2v) is 4.24. The first kappa shape index (κ1) is 13.6. The van der Waals surface area contributed by atoms with Gasteiger partial charge in [0.15, 0.2) is 0 Å². The summed E-state index contributed by atoms with van der Waals surface area (Å²) in [6.45, 7) is 0.886. The van der Waals surface area contributed by atoms with Crippen molar-refractivity contribution in [2.45, 2.75) is 12.8 Å². The van der Waals surface area contributed by atoms with Crippen LogP contribution in [0, 0.1) is 0 Å². The van der Waals surface area contributed by atoms with Gasteiger partial charge in [0.05, 0.1) is 6.61 Å². The Bertz CT molecular complexity index is 493. The summed E-state index contributed by atoms with van der Waals surface area (Å²) in [4.78, 5) is 0. The van der Waals surface area contributed by atoms with Gasteiger partial charge in [-0.1, -0.05) is 18.2 Å². The lowest BCUT2D eigenvalue weighted by molar-refractivity contribution is 0.288. The van der Waals surface area contributed by atoms with E-state index in [9.17, 15) is 8.42 Å². The molecular weight excluding hydrogens is 260 g/mol. The summed E-state index contributed by atoms with van der Waals surface area (Å²) < 4.78 is 27.1. The van der Waals surface area contributed by atoms with E-state index >= 15 is 0 Å². The van der Waals surface area contributed by atoms with Crippen LogP contribution >= 0.6 is 12.2 Å². The third-order valence-electron chi connectivity index (χ3n) is 1.99. The molecule has 1 aliphatic rings. The van der Waals surface area contributed by atoms with Crippen LogP contribution in [0.3, 0.4) is 0 Å². The molecule has 1 heterocycles. The number of benzene rings is 1. The molecule has 0 spiro atoms. The minimum Gasteiger partial charge on any atom is -0.493 e. The standard InChI is InChI=1S/C9H10O.CH2N2O2S2/c1-2-6-9-8(4-1)5-3-7-10-9;2-1(6)3-7(4)5/h1-2,4,6H,3,5,7H2;(H2,2,6). The van der Waals surface area contributed by atoms with E-state index in [0.29, 0.717) is 0 Å². The third-order valence-corrected chi connectivity index (χ3v) is 2.54. The lowest BCUT2D eigenvalue weighted by Gasteiger charge is -2.15. The Balaban J connectivity index is 0.000000185. The highest BCUT2D eigenvalue weighted by molar-refractivity contribution is 7.80. The SMILES string of the molecule is NC(=S)N=S(=O)=O.c1ccc2c(c1)CCCO2. The monoisotopic (exact) mass is 272 g/mol. The maximum Gasteiger partial charge on any atom is 0.318 e. The fraction of sp³-hybridized carbons (Fsp3) is 0.300. The van der Waals surface area contributed by atoms with Crippen molar-refractivity contribution in [3.05, 3.63) is 29.8 Å². The first-order chi connectivity index (χ1) is 8.09. The Kier molecular flexibility index (Phi) is 5.58. The zero-order valence-corrected chi connectivity index (χ0v) is 10.6. The molecule has 0 unspecified atom stereocenters. The van der Waals surface area contributed by atoms with Gasteiger partial charge in [-0.15, -0.1) is 4.36 Å². The van der Waals surface area contributed by atoms with Crippen LogP contribution in [0.4, 0.5) is 0 Å². The number of nitrogens with two attached hydrogens (primary N) is 1. The van der Waals surface area contributed by atoms with Gasteiger partial charge in [0.25, 0.3) is 0 Å². The van der Waals surface area contributed by atoms with Crippen molar-refractivity contribution in [1.82, 2.24) is 0 Å². The highest BCUT2D eigenvalue weighted by Gasteiger charge is 2.06. The summed E-state index contributed by atoms with van der Waals surface area (Å²) in [6.07, 6.45) is 2.34. The molecule has 2 N–H and O–H groups in total. The Hall–Kier alpha value is -1.47. The summed E-state index contributed by atoms with van der Waals surface area (Å²) in [5, 5.41) is -0.367. The Morgan fingerprint density at radius 2 is 2.12 bits per heavy atom. The molecule has 1 aromatic carbocycles. The summed E-state index contributed by atoms with van der Waals surface area (Å²) in [7, 11) is -2.49. The van der Waals surface area contributed by atoms with Gasteiger partial charge >= 0.3 is 10.5 Å². The molecule has 0 saturated heterocycles. The van der Waals surface area contributed by atoms with E-state index in [-0.39, 0.29) is 5.11 Å². The summed E-state index contributed by atoms with van der Waals surface area (Å²) in [6, 6.07) is 8.25. The van der Waals surface area contributed by atoms with E-state index in [0.717, 1.165) is 18.8 Å². The minimum atomic E-state index is -2.49. The Morgan fingerprint density at radius 3 is 2.65 bits per heavy atom. The molecule has 1 aliphatic heterocycles. The predicted octanol–water partition coefficient (Wildman–Crippen LogP) is 1.30. The minimum absolute atomic E-state index is 0.367. The molecule has 7 heteroatoms. The first-order valence-electron chi connectivity index (χ1n) is 4.91. The van der Waals surface area contributed by atoms with E-state index < -0.39 is 10.5 Å². The van der Waals surface area contributed by atoms with Gasteiger partial charge in [0.2, 0.25) is 5.11 Å². The number of rotatable bonds is 0. The van der Waals surface area contributed by atoms with Crippen LogP contribution < -0.4 is 10.5 Å². The van der Waals surface area contributed by atoms with Crippen molar-refractivity contribution >= 4 is 27.8 Å². The second kappa shape index (κ2) is 6.97. The molecular formula is C10H12N2O3S2. The normalized spacial score (nSPS) is 12.2. The van der Waals surface area contributed by atoms with Gasteiger partial charge in [-0.3, -0.25) is 0 Å². The average Bonchev–Trinajstić information content (AvgIpc) is 2.28. The van der Waals surface area contributed by atoms with Gasteiger partial charge in [0.1, 0.15) is 5.75 Å². The second-order valence-electron chi connectivity index (χ2n) is 3.21. The van der Waals surface area contributed by atoms with Gasteiger partial charge in [-0.05, 0) is 36.7 Å². The quantitative estimate of drug-likeness (QED) is 0.720. The number of fused-ring (bicyclic) bond motifs is 1. The van der Waals surface area contributed by atoms with Crippen molar-refractivity contribution in [1.29, 1.82) is 0 Å². The molecule has 17 heavy (non-hydrogen) atoms. The number of hydrogen-bond donors (Lipinski definition) is 1. The van der Waals surface area contributed by atoms with Gasteiger partial charge in [0, 0.05) is 0 Å². The fourth-order valence-corrected chi connectivity index (χ4v) is 1.70. The fourth-order valence-electron chi connectivity index (χ4n) is 1.37. The maximum absolute atomic E-state index is 9.48. The van der Waals surface area contributed by atoms with Crippen LogP contribution in [0.15, 0.2) is 28.6 Å². The predicted molar refractivity (Wildman–Crippen MR) is 68.4 cm³/mol. The van der Waals surface area contributed by atoms with Crippen LogP contribution in [0.2, 0.25) is 0 Å².